The van der Waals surface area contributed by atoms with E-state index in [0.29, 0.717) is 30.8 Å². The summed E-state index contributed by atoms with van der Waals surface area (Å²) in [5.74, 6) is 0.850. The topological polar surface area (TPSA) is 50.8 Å². The first-order chi connectivity index (χ1) is 11.2. The van der Waals surface area contributed by atoms with E-state index >= 15 is 0 Å². The van der Waals surface area contributed by atoms with Gasteiger partial charge in [0.2, 0.25) is 5.76 Å². The van der Waals surface area contributed by atoms with Gasteiger partial charge in [0.25, 0.3) is 5.91 Å². The van der Waals surface area contributed by atoms with E-state index in [4.69, 9.17) is 9.47 Å². The van der Waals surface area contributed by atoms with Gasteiger partial charge in [-0.2, -0.15) is 0 Å². The Bertz CT molecular complexity index is 442. The Labute approximate surface area is 139 Å². The molecular formula is C18H30N2O3. The maximum absolute atomic E-state index is 12.4. The second-order valence-electron chi connectivity index (χ2n) is 7.04. The molecule has 130 valence electrons. The summed E-state index contributed by atoms with van der Waals surface area (Å²) >= 11 is 0. The fourth-order valence-corrected chi connectivity index (χ4v) is 4.06. The van der Waals surface area contributed by atoms with Crippen LogP contribution in [-0.4, -0.2) is 49.2 Å². The average Bonchev–Trinajstić information content (AvgIpc) is 2.85. The van der Waals surface area contributed by atoms with E-state index in [-0.39, 0.29) is 11.9 Å². The van der Waals surface area contributed by atoms with E-state index in [2.05, 4.69) is 10.2 Å². The zero-order valence-corrected chi connectivity index (χ0v) is 14.3. The van der Waals surface area contributed by atoms with Gasteiger partial charge in [0.15, 0.2) is 0 Å². The largest absolute Gasteiger partial charge is 0.491 e. The van der Waals surface area contributed by atoms with Crippen LogP contribution < -0.4 is 5.32 Å². The SMILES string of the molecule is CC1=C(C(=O)N[C@@H]2CCCN(C3CCCCCC3)C2)OCCO1. The zero-order chi connectivity index (χ0) is 16.1. The Kier molecular flexibility index (Phi) is 5.81. The van der Waals surface area contributed by atoms with E-state index in [9.17, 15) is 4.79 Å². The fraction of sp³-hybridized carbons (Fsp3) is 0.833. The van der Waals surface area contributed by atoms with Crippen LogP contribution in [0.4, 0.5) is 0 Å². The second kappa shape index (κ2) is 8.04. The van der Waals surface area contributed by atoms with Crippen LogP contribution in [0, 0.1) is 0 Å². The number of nitrogens with one attached hydrogen (secondary N) is 1. The first-order valence-electron chi connectivity index (χ1n) is 9.25. The van der Waals surface area contributed by atoms with Gasteiger partial charge in [0.05, 0.1) is 0 Å². The van der Waals surface area contributed by atoms with Crippen molar-refractivity contribution in [1.29, 1.82) is 0 Å². The van der Waals surface area contributed by atoms with Crippen LogP contribution in [0.2, 0.25) is 0 Å². The monoisotopic (exact) mass is 322 g/mol. The van der Waals surface area contributed by atoms with Crippen molar-refractivity contribution in [1.82, 2.24) is 10.2 Å². The summed E-state index contributed by atoms with van der Waals surface area (Å²) in [5.41, 5.74) is 0. The fourth-order valence-electron chi connectivity index (χ4n) is 4.06. The molecule has 1 N–H and O–H groups in total. The van der Waals surface area contributed by atoms with Crippen molar-refractivity contribution >= 4 is 5.91 Å². The molecule has 0 bridgehead atoms. The van der Waals surface area contributed by atoms with Gasteiger partial charge in [0.1, 0.15) is 19.0 Å². The van der Waals surface area contributed by atoms with Crippen LogP contribution >= 0.6 is 0 Å². The maximum atomic E-state index is 12.4. The molecule has 0 spiro atoms. The quantitative estimate of drug-likeness (QED) is 0.812. The summed E-state index contributed by atoms with van der Waals surface area (Å²) in [6.07, 6.45) is 10.3. The van der Waals surface area contributed by atoms with Crippen molar-refractivity contribution in [2.75, 3.05) is 26.3 Å². The molecule has 0 aromatic heterocycles. The number of carbonyl (C=O) groups is 1. The predicted octanol–water partition coefficient (Wildman–Crippen LogP) is 2.57. The Morgan fingerprint density at radius 2 is 1.78 bits per heavy atom. The first kappa shape index (κ1) is 16.6. The van der Waals surface area contributed by atoms with Gasteiger partial charge in [-0.3, -0.25) is 9.69 Å². The number of hydrogen-bond acceptors (Lipinski definition) is 4. The van der Waals surface area contributed by atoms with Gasteiger partial charge in [-0.05, 0) is 39.2 Å². The number of allylic oxidation sites excluding steroid dienone is 1. The molecule has 1 saturated heterocycles. The number of ether oxygens (including phenoxy) is 2. The Morgan fingerprint density at radius 3 is 2.52 bits per heavy atom. The van der Waals surface area contributed by atoms with Crippen molar-refractivity contribution in [3.8, 4) is 0 Å². The van der Waals surface area contributed by atoms with E-state index in [0.717, 1.165) is 19.4 Å². The molecule has 0 aromatic rings. The van der Waals surface area contributed by atoms with E-state index in [1.807, 2.05) is 0 Å². The molecule has 3 rings (SSSR count). The Morgan fingerprint density at radius 1 is 1.04 bits per heavy atom. The maximum Gasteiger partial charge on any atom is 0.290 e. The molecule has 2 heterocycles. The standard InChI is InChI=1S/C18H30N2O3/c1-14-17(23-12-11-22-14)18(21)19-15-7-6-10-20(13-15)16-8-4-2-3-5-9-16/h15-16H,2-13H2,1H3,(H,19,21)/t15-/m1/s1. The molecule has 1 atom stereocenters. The lowest BCUT2D eigenvalue weighted by Crippen LogP contribution is -2.51. The Balaban J connectivity index is 1.54. The number of likely N-dealkylation sites (tertiary alicyclic amines) is 1. The predicted molar refractivity (Wildman–Crippen MR) is 88.8 cm³/mol. The summed E-state index contributed by atoms with van der Waals surface area (Å²) in [5, 5.41) is 3.16. The van der Waals surface area contributed by atoms with Gasteiger partial charge < -0.3 is 14.8 Å². The molecule has 1 amide bonds. The van der Waals surface area contributed by atoms with E-state index in [1.54, 1.807) is 6.92 Å². The zero-order valence-electron chi connectivity index (χ0n) is 14.3. The molecule has 2 aliphatic heterocycles. The highest BCUT2D eigenvalue weighted by Crippen LogP contribution is 2.25. The molecule has 23 heavy (non-hydrogen) atoms. The third-order valence-electron chi connectivity index (χ3n) is 5.30. The van der Waals surface area contributed by atoms with Crippen molar-refractivity contribution < 1.29 is 14.3 Å². The molecule has 2 fully saturated rings. The smallest absolute Gasteiger partial charge is 0.290 e. The second-order valence-corrected chi connectivity index (χ2v) is 7.04. The summed E-state index contributed by atoms with van der Waals surface area (Å²) in [4.78, 5) is 15.0. The lowest BCUT2D eigenvalue weighted by molar-refractivity contribution is -0.123. The highest BCUT2D eigenvalue weighted by Gasteiger charge is 2.29. The Hall–Kier alpha value is -1.23. The highest BCUT2D eigenvalue weighted by molar-refractivity contribution is 5.92. The van der Waals surface area contributed by atoms with Crippen LogP contribution in [0.5, 0.6) is 0 Å². The third kappa shape index (κ3) is 4.40. The minimum Gasteiger partial charge on any atom is -0.491 e. The van der Waals surface area contributed by atoms with Gasteiger partial charge >= 0.3 is 0 Å². The molecule has 0 radical (unpaired) electrons. The van der Waals surface area contributed by atoms with Crippen LogP contribution in [-0.2, 0) is 14.3 Å². The number of piperidine rings is 1. The van der Waals surface area contributed by atoms with Crippen LogP contribution in [0.25, 0.3) is 0 Å². The lowest BCUT2D eigenvalue weighted by atomic mass is 10.00. The molecule has 0 aromatic carbocycles. The number of amides is 1. The minimum atomic E-state index is -0.116. The van der Waals surface area contributed by atoms with E-state index < -0.39 is 0 Å². The molecular weight excluding hydrogens is 292 g/mol. The molecule has 1 aliphatic carbocycles. The number of nitrogens with zero attached hydrogens (tertiary/aromatic N) is 1. The van der Waals surface area contributed by atoms with Gasteiger partial charge in [-0.1, -0.05) is 25.7 Å². The number of hydrogen-bond donors (Lipinski definition) is 1. The van der Waals surface area contributed by atoms with Gasteiger partial charge in [-0.15, -0.1) is 0 Å². The summed E-state index contributed by atoms with van der Waals surface area (Å²) in [6.45, 7) is 4.94. The highest BCUT2D eigenvalue weighted by atomic mass is 16.6. The van der Waals surface area contributed by atoms with Gasteiger partial charge in [-0.25, -0.2) is 0 Å². The molecule has 5 nitrogen and oxygen atoms in total. The first-order valence-corrected chi connectivity index (χ1v) is 9.25. The van der Waals surface area contributed by atoms with Crippen LogP contribution in [0.15, 0.2) is 11.5 Å². The average molecular weight is 322 g/mol. The van der Waals surface area contributed by atoms with Crippen molar-refractivity contribution in [3.05, 3.63) is 11.5 Å². The molecule has 3 aliphatic rings. The number of rotatable bonds is 3. The normalized spacial score (nSPS) is 27.8. The van der Waals surface area contributed by atoms with Gasteiger partial charge in [0, 0.05) is 18.6 Å². The summed E-state index contributed by atoms with van der Waals surface area (Å²) in [7, 11) is 0. The van der Waals surface area contributed by atoms with E-state index in [1.165, 1.54) is 45.1 Å². The van der Waals surface area contributed by atoms with Crippen molar-refractivity contribution in [2.45, 2.75) is 70.4 Å². The number of carbonyl (C=O) groups excluding carboxylic acids is 1. The van der Waals surface area contributed by atoms with Crippen molar-refractivity contribution in [3.63, 3.8) is 0 Å². The summed E-state index contributed by atoms with van der Waals surface area (Å²) in [6, 6.07) is 0.942. The molecule has 0 unspecified atom stereocenters. The minimum absolute atomic E-state index is 0.116. The van der Waals surface area contributed by atoms with Crippen LogP contribution in [0.3, 0.4) is 0 Å². The molecule has 1 saturated carbocycles. The lowest BCUT2D eigenvalue weighted by Gasteiger charge is -2.38. The molecule has 5 heteroatoms. The third-order valence-corrected chi connectivity index (χ3v) is 5.30. The van der Waals surface area contributed by atoms with Crippen molar-refractivity contribution in [2.24, 2.45) is 0 Å². The summed E-state index contributed by atoms with van der Waals surface area (Å²) < 4.78 is 10.9. The van der Waals surface area contributed by atoms with Crippen LogP contribution in [0.1, 0.15) is 58.3 Å².